The number of carbonyl (C=O) groups excluding carboxylic acids is 1. The molecule has 0 saturated carbocycles. The summed E-state index contributed by atoms with van der Waals surface area (Å²) in [6, 6.07) is 16.6. The molecule has 22 heavy (non-hydrogen) atoms. The van der Waals surface area contributed by atoms with Crippen LogP contribution in [0.2, 0.25) is 0 Å². The van der Waals surface area contributed by atoms with Crippen LogP contribution in [0.5, 0.6) is 0 Å². The van der Waals surface area contributed by atoms with Crippen molar-refractivity contribution in [1.82, 2.24) is 9.78 Å². The van der Waals surface area contributed by atoms with Gasteiger partial charge in [-0.15, -0.1) is 0 Å². The molecule has 4 nitrogen and oxygen atoms in total. The first kappa shape index (κ1) is 13.9. The zero-order valence-corrected chi connectivity index (χ0v) is 11.6. The molecule has 0 radical (unpaired) electrons. The lowest BCUT2D eigenvalue weighted by molar-refractivity contribution is 0.0998. The van der Waals surface area contributed by atoms with Gasteiger partial charge < -0.3 is 0 Å². The summed E-state index contributed by atoms with van der Waals surface area (Å²) in [6.45, 7) is 0. The van der Waals surface area contributed by atoms with Gasteiger partial charge in [0.2, 0.25) is 0 Å². The lowest BCUT2D eigenvalue weighted by Crippen LogP contribution is -2.11. The van der Waals surface area contributed by atoms with E-state index in [1.807, 2.05) is 30.3 Å². The standard InChI is InChI=1S/C17H12FN3O/c18-14-8-6-13(7-9-14)17(22)20-15-10-11-21(19-12-15)16-4-2-1-3-5-16/h1-12H. The number of carbonyl (C=O) groups is 1. The van der Waals surface area contributed by atoms with Crippen molar-refractivity contribution >= 4 is 5.91 Å². The molecule has 3 rings (SSSR count). The Morgan fingerprint density at radius 2 is 1.73 bits per heavy atom. The molecule has 108 valence electrons. The predicted molar refractivity (Wildman–Crippen MR) is 79.9 cm³/mol. The van der Waals surface area contributed by atoms with Gasteiger partial charge in [0.05, 0.1) is 17.2 Å². The van der Waals surface area contributed by atoms with Crippen molar-refractivity contribution in [3.63, 3.8) is 0 Å². The molecule has 1 aromatic heterocycles. The average Bonchev–Trinajstić information content (AvgIpc) is 2.57. The van der Waals surface area contributed by atoms with E-state index in [1.54, 1.807) is 16.9 Å². The van der Waals surface area contributed by atoms with Crippen LogP contribution in [0.25, 0.3) is 5.69 Å². The molecule has 0 aliphatic rings. The van der Waals surface area contributed by atoms with Crippen LogP contribution in [-0.4, -0.2) is 15.7 Å². The third-order valence-corrected chi connectivity index (χ3v) is 3.04. The third kappa shape index (κ3) is 3.15. The van der Waals surface area contributed by atoms with Crippen molar-refractivity contribution in [2.45, 2.75) is 0 Å². The highest BCUT2D eigenvalue weighted by Crippen LogP contribution is 2.04. The second-order valence-corrected chi connectivity index (χ2v) is 4.59. The van der Waals surface area contributed by atoms with Gasteiger partial charge in [0.25, 0.3) is 5.91 Å². The van der Waals surface area contributed by atoms with Gasteiger partial charge in [-0.2, -0.15) is 5.10 Å². The average molecular weight is 293 g/mol. The monoisotopic (exact) mass is 293 g/mol. The molecule has 0 spiro atoms. The lowest BCUT2D eigenvalue weighted by Gasteiger charge is -2.03. The van der Waals surface area contributed by atoms with Gasteiger partial charge in [0, 0.05) is 11.8 Å². The smallest absolute Gasteiger partial charge is 0.267 e. The molecule has 3 aromatic rings. The van der Waals surface area contributed by atoms with Gasteiger partial charge in [-0.1, -0.05) is 18.2 Å². The van der Waals surface area contributed by atoms with Crippen molar-refractivity contribution < 1.29 is 9.18 Å². The first-order valence-corrected chi connectivity index (χ1v) is 6.67. The minimum Gasteiger partial charge on any atom is -0.267 e. The minimum absolute atomic E-state index is 0.334. The summed E-state index contributed by atoms with van der Waals surface area (Å²) in [5.74, 6) is -0.818. The van der Waals surface area contributed by atoms with Crippen molar-refractivity contribution in [1.29, 1.82) is 0 Å². The Labute approximate surface area is 126 Å². The van der Waals surface area contributed by atoms with E-state index in [0.717, 1.165) is 5.69 Å². The summed E-state index contributed by atoms with van der Waals surface area (Å²) >= 11 is 0. The molecule has 0 N–H and O–H groups in total. The van der Waals surface area contributed by atoms with Crippen LogP contribution in [0.1, 0.15) is 10.4 Å². The molecule has 0 fully saturated rings. The Morgan fingerprint density at radius 3 is 2.36 bits per heavy atom. The molecule has 0 aliphatic carbocycles. The fourth-order valence-electron chi connectivity index (χ4n) is 1.92. The molecule has 0 saturated heterocycles. The maximum atomic E-state index is 12.8. The van der Waals surface area contributed by atoms with Crippen LogP contribution in [0.4, 0.5) is 4.39 Å². The second-order valence-electron chi connectivity index (χ2n) is 4.59. The summed E-state index contributed by atoms with van der Waals surface area (Å²) in [4.78, 5) is 15.9. The highest BCUT2D eigenvalue weighted by Gasteiger charge is 2.03. The zero-order valence-electron chi connectivity index (χ0n) is 11.6. The molecule has 2 aromatic carbocycles. The van der Waals surface area contributed by atoms with Gasteiger partial charge in [0.1, 0.15) is 5.82 Å². The van der Waals surface area contributed by atoms with E-state index in [9.17, 15) is 9.18 Å². The summed E-state index contributed by atoms with van der Waals surface area (Å²) < 4.78 is 14.5. The van der Waals surface area contributed by atoms with E-state index in [0.29, 0.717) is 10.9 Å². The van der Waals surface area contributed by atoms with Gasteiger partial charge in [-0.25, -0.2) is 14.1 Å². The number of para-hydroxylation sites is 1. The summed E-state index contributed by atoms with van der Waals surface area (Å²) in [7, 11) is 0. The van der Waals surface area contributed by atoms with Crippen LogP contribution in [0.15, 0.2) is 78.0 Å². The molecule has 0 bridgehead atoms. The third-order valence-electron chi connectivity index (χ3n) is 3.04. The number of benzene rings is 2. The van der Waals surface area contributed by atoms with Crippen molar-refractivity contribution in [2.75, 3.05) is 0 Å². The van der Waals surface area contributed by atoms with Crippen LogP contribution < -0.4 is 5.36 Å². The highest BCUT2D eigenvalue weighted by atomic mass is 19.1. The Hall–Kier alpha value is -3.08. The SMILES string of the molecule is O=C(N=c1ccn(-c2ccccc2)nc1)c1ccc(F)cc1. The maximum Gasteiger partial charge on any atom is 0.277 e. The van der Waals surface area contributed by atoms with E-state index < -0.39 is 5.91 Å². The molecule has 0 atom stereocenters. The number of hydrogen-bond donors (Lipinski definition) is 0. The molecule has 1 heterocycles. The minimum atomic E-state index is -0.431. The Morgan fingerprint density at radius 1 is 1.00 bits per heavy atom. The number of hydrogen-bond acceptors (Lipinski definition) is 2. The number of nitrogens with zero attached hydrogens (tertiary/aromatic N) is 3. The van der Waals surface area contributed by atoms with Crippen molar-refractivity contribution in [3.05, 3.63) is 89.8 Å². The van der Waals surface area contributed by atoms with Crippen molar-refractivity contribution in [3.8, 4) is 5.69 Å². The maximum absolute atomic E-state index is 12.8. The summed E-state index contributed by atoms with van der Waals surface area (Å²) in [5.41, 5.74) is 1.25. The Kier molecular flexibility index (Phi) is 3.87. The highest BCUT2D eigenvalue weighted by molar-refractivity contribution is 5.94. The fraction of sp³-hybridized carbons (Fsp3) is 0. The van der Waals surface area contributed by atoms with Gasteiger partial charge >= 0.3 is 0 Å². The summed E-state index contributed by atoms with van der Waals surface area (Å²) in [6.07, 6.45) is 3.24. The quantitative estimate of drug-likeness (QED) is 0.729. The Bertz CT molecular complexity index is 835. The van der Waals surface area contributed by atoms with Gasteiger partial charge in [0.15, 0.2) is 0 Å². The van der Waals surface area contributed by atoms with E-state index in [1.165, 1.54) is 30.5 Å². The van der Waals surface area contributed by atoms with Gasteiger partial charge in [-0.3, -0.25) is 4.79 Å². The molecule has 0 unspecified atom stereocenters. The van der Waals surface area contributed by atoms with Gasteiger partial charge in [-0.05, 0) is 42.5 Å². The normalized spacial score (nSPS) is 11.4. The number of aromatic nitrogens is 2. The molecular formula is C17H12FN3O. The molecule has 5 heteroatoms. The van der Waals surface area contributed by atoms with Crippen LogP contribution in [0, 0.1) is 5.82 Å². The topological polar surface area (TPSA) is 47.2 Å². The first-order valence-electron chi connectivity index (χ1n) is 6.67. The van der Waals surface area contributed by atoms with E-state index in [2.05, 4.69) is 10.1 Å². The lowest BCUT2D eigenvalue weighted by atomic mass is 10.2. The first-order chi connectivity index (χ1) is 10.7. The van der Waals surface area contributed by atoms with Crippen LogP contribution in [0.3, 0.4) is 0 Å². The molecular weight excluding hydrogens is 281 g/mol. The number of rotatable bonds is 2. The van der Waals surface area contributed by atoms with Crippen LogP contribution >= 0.6 is 0 Å². The number of halogens is 1. The van der Waals surface area contributed by atoms with Crippen molar-refractivity contribution in [2.24, 2.45) is 4.99 Å². The van der Waals surface area contributed by atoms with E-state index >= 15 is 0 Å². The molecule has 1 amide bonds. The molecule has 0 aliphatic heterocycles. The second kappa shape index (κ2) is 6.13. The summed E-state index contributed by atoms with van der Waals surface area (Å²) in [5, 5.41) is 4.67. The van der Waals surface area contributed by atoms with E-state index in [-0.39, 0.29) is 5.82 Å². The zero-order chi connectivity index (χ0) is 15.4. The number of amides is 1. The largest absolute Gasteiger partial charge is 0.277 e. The fourth-order valence-corrected chi connectivity index (χ4v) is 1.92. The predicted octanol–water partition coefficient (Wildman–Crippen LogP) is 2.75. The van der Waals surface area contributed by atoms with Crippen LogP contribution in [-0.2, 0) is 0 Å². The Balaban J connectivity index is 1.86. The van der Waals surface area contributed by atoms with E-state index in [4.69, 9.17) is 0 Å².